The first-order chi connectivity index (χ1) is 8.69. The van der Waals surface area contributed by atoms with Gasteiger partial charge in [-0.3, -0.25) is 0 Å². The van der Waals surface area contributed by atoms with E-state index in [1.165, 1.54) is 48.1 Å². The molecule has 0 spiro atoms. The van der Waals surface area contributed by atoms with E-state index in [9.17, 15) is 0 Å². The highest BCUT2D eigenvalue weighted by molar-refractivity contribution is 9.10. The van der Waals surface area contributed by atoms with Crippen LogP contribution in [0.2, 0.25) is 0 Å². The molecule has 0 aliphatic carbocycles. The Balaban J connectivity index is 2.04. The maximum Gasteiger partial charge on any atom is 0.0375 e. The fourth-order valence-corrected chi connectivity index (χ4v) is 3.01. The third-order valence-corrected chi connectivity index (χ3v) is 4.25. The predicted octanol–water partition coefficient (Wildman–Crippen LogP) is 3.91. The van der Waals surface area contributed by atoms with E-state index in [1.807, 2.05) is 0 Å². The standard InChI is InChI=1S/C15H23BrN2/c1-3-12-11-13(16)6-7-15(12)17-14-5-4-9-18(2)10-8-14/h6-7,11,14,17H,3-5,8-10H2,1-2H3. The Morgan fingerprint density at radius 3 is 2.94 bits per heavy atom. The molecule has 0 amide bonds. The normalized spacial score (nSPS) is 21.6. The summed E-state index contributed by atoms with van der Waals surface area (Å²) in [7, 11) is 2.22. The van der Waals surface area contributed by atoms with Gasteiger partial charge in [0, 0.05) is 16.2 Å². The lowest BCUT2D eigenvalue weighted by molar-refractivity contribution is 0.348. The second-order valence-electron chi connectivity index (χ2n) is 5.23. The maximum absolute atomic E-state index is 3.74. The molecule has 1 fully saturated rings. The van der Waals surface area contributed by atoms with E-state index in [4.69, 9.17) is 0 Å². The molecule has 1 heterocycles. The minimum atomic E-state index is 0.626. The number of rotatable bonds is 3. The molecular formula is C15H23BrN2. The number of benzene rings is 1. The van der Waals surface area contributed by atoms with Gasteiger partial charge in [0.25, 0.3) is 0 Å². The van der Waals surface area contributed by atoms with Gasteiger partial charge in [-0.2, -0.15) is 0 Å². The molecule has 1 atom stereocenters. The number of likely N-dealkylation sites (tertiary alicyclic amines) is 1. The van der Waals surface area contributed by atoms with Gasteiger partial charge in [-0.05, 0) is 69.6 Å². The van der Waals surface area contributed by atoms with Crippen LogP contribution in [-0.2, 0) is 6.42 Å². The number of halogens is 1. The van der Waals surface area contributed by atoms with Crippen LogP contribution in [0.3, 0.4) is 0 Å². The molecule has 1 unspecified atom stereocenters. The quantitative estimate of drug-likeness (QED) is 0.910. The summed E-state index contributed by atoms with van der Waals surface area (Å²) in [4.78, 5) is 2.43. The van der Waals surface area contributed by atoms with Crippen molar-refractivity contribution in [2.75, 3.05) is 25.5 Å². The van der Waals surface area contributed by atoms with Gasteiger partial charge in [0.05, 0.1) is 0 Å². The van der Waals surface area contributed by atoms with E-state index in [-0.39, 0.29) is 0 Å². The Labute approximate surface area is 119 Å². The van der Waals surface area contributed by atoms with Gasteiger partial charge >= 0.3 is 0 Å². The molecule has 1 aromatic rings. The smallest absolute Gasteiger partial charge is 0.0375 e. The van der Waals surface area contributed by atoms with Gasteiger partial charge in [-0.15, -0.1) is 0 Å². The van der Waals surface area contributed by atoms with Crippen molar-refractivity contribution in [2.45, 2.75) is 38.6 Å². The van der Waals surface area contributed by atoms with Crippen LogP contribution in [0.25, 0.3) is 0 Å². The topological polar surface area (TPSA) is 15.3 Å². The minimum Gasteiger partial charge on any atom is -0.382 e. The van der Waals surface area contributed by atoms with E-state index >= 15 is 0 Å². The summed E-state index contributed by atoms with van der Waals surface area (Å²) in [6.07, 6.45) is 4.90. The largest absolute Gasteiger partial charge is 0.382 e. The predicted molar refractivity (Wildman–Crippen MR) is 82.3 cm³/mol. The molecule has 1 aliphatic rings. The van der Waals surface area contributed by atoms with Crippen LogP contribution in [0, 0.1) is 0 Å². The zero-order chi connectivity index (χ0) is 13.0. The first-order valence-electron chi connectivity index (χ1n) is 6.92. The van der Waals surface area contributed by atoms with Crippen molar-refractivity contribution in [3.8, 4) is 0 Å². The molecule has 1 N–H and O–H groups in total. The highest BCUT2D eigenvalue weighted by atomic mass is 79.9. The Hall–Kier alpha value is -0.540. The van der Waals surface area contributed by atoms with Crippen LogP contribution in [-0.4, -0.2) is 31.1 Å². The first-order valence-corrected chi connectivity index (χ1v) is 7.72. The number of anilines is 1. The molecule has 0 radical (unpaired) electrons. The van der Waals surface area contributed by atoms with Gasteiger partial charge in [0.2, 0.25) is 0 Å². The summed E-state index contributed by atoms with van der Waals surface area (Å²) in [6, 6.07) is 7.19. The zero-order valence-electron chi connectivity index (χ0n) is 11.4. The number of nitrogens with zero attached hydrogens (tertiary/aromatic N) is 1. The highest BCUT2D eigenvalue weighted by Crippen LogP contribution is 2.24. The number of nitrogens with one attached hydrogen (secondary N) is 1. The molecule has 0 aromatic heterocycles. The zero-order valence-corrected chi connectivity index (χ0v) is 13.0. The van der Waals surface area contributed by atoms with E-state index in [1.54, 1.807) is 0 Å². The molecule has 0 bridgehead atoms. The molecule has 3 heteroatoms. The Morgan fingerprint density at radius 1 is 1.33 bits per heavy atom. The molecule has 1 aromatic carbocycles. The lowest BCUT2D eigenvalue weighted by Gasteiger charge is -2.20. The number of aryl methyl sites for hydroxylation is 1. The van der Waals surface area contributed by atoms with Crippen LogP contribution < -0.4 is 5.32 Å². The highest BCUT2D eigenvalue weighted by Gasteiger charge is 2.15. The van der Waals surface area contributed by atoms with Crippen molar-refractivity contribution >= 4 is 21.6 Å². The van der Waals surface area contributed by atoms with Gasteiger partial charge in [-0.1, -0.05) is 22.9 Å². The van der Waals surface area contributed by atoms with Crippen LogP contribution in [0.15, 0.2) is 22.7 Å². The molecule has 1 saturated heterocycles. The fraction of sp³-hybridized carbons (Fsp3) is 0.600. The summed E-state index contributed by atoms with van der Waals surface area (Å²) >= 11 is 3.55. The van der Waals surface area contributed by atoms with E-state index in [0.717, 1.165) is 6.42 Å². The summed E-state index contributed by atoms with van der Waals surface area (Å²) in [5.41, 5.74) is 2.72. The summed E-state index contributed by atoms with van der Waals surface area (Å²) < 4.78 is 1.17. The number of hydrogen-bond acceptors (Lipinski definition) is 2. The van der Waals surface area contributed by atoms with Crippen molar-refractivity contribution in [1.29, 1.82) is 0 Å². The van der Waals surface area contributed by atoms with Gasteiger partial charge in [0.1, 0.15) is 0 Å². The van der Waals surface area contributed by atoms with Crippen LogP contribution in [0.1, 0.15) is 31.7 Å². The Morgan fingerprint density at radius 2 is 2.17 bits per heavy atom. The lowest BCUT2D eigenvalue weighted by Crippen LogP contribution is -2.23. The molecule has 100 valence electrons. The van der Waals surface area contributed by atoms with Crippen LogP contribution in [0.4, 0.5) is 5.69 Å². The molecule has 18 heavy (non-hydrogen) atoms. The van der Waals surface area contributed by atoms with Gasteiger partial charge < -0.3 is 10.2 Å². The average Bonchev–Trinajstić information content (AvgIpc) is 2.56. The third kappa shape index (κ3) is 3.72. The minimum absolute atomic E-state index is 0.626. The number of hydrogen-bond donors (Lipinski definition) is 1. The van der Waals surface area contributed by atoms with Gasteiger partial charge in [-0.25, -0.2) is 0 Å². The average molecular weight is 311 g/mol. The Bertz CT molecular complexity index is 392. The lowest BCUT2D eigenvalue weighted by atomic mass is 10.1. The van der Waals surface area contributed by atoms with E-state index in [2.05, 4.69) is 58.3 Å². The summed E-state index contributed by atoms with van der Waals surface area (Å²) in [5, 5.41) is 3.74. The maximum atomic E-state index is 3.74. The second kappa shape index (κ2) is 6.58. The fourth-order valence-electron chi connectivity index (χ4n) is 2.60. The molecular weight excluding hydrogens is 288 g/mol. The van der Waals surface area contributed by atoms with Crippen molar-refractivity contribution < 1.29 is 0 Å². The van der Waals surface area contributed by atoms with Crippen molar-refractivity contribution in [1.82, 2.24) is 4.90 Å². The second-order valence-corrected chi connectivity index (χ2v) is 6.15. The van der Waals surface area contributed by atoms with Gasteiger partial charge in [0.15, 0.2) is 0 Å². The first kappa shape index (κ1) is 13.9. The van der Waals surface area contributed by atoms with E-state index in [0.29, 0.717) is 6.04 Å². The SMILES string of the molecule is CCc1cc(Br)ccc1NC1CCCN(C)CC1. The van der Waals surface area contributed by atoms with Crippen molar-refractivity contribution in [2.24, 2.45) is 0 Å². The van der Waals surface area contributed by atoms with Crippen LogP contribution in [0.5, 0.6) is 0 Å². The van der Waals surface area contributed by atoms with Crippen molar-refractivity contribution in [3.05, 3.63) is 28.2 Å². The monoisotopic (exact) mass is 310 g/mol. The summed E-state index contributed by atoms with van der Waals surface area (Å²) in [5.74, 6) is 0. The van der Waals surface area contributed by atoms with Crippen LogP contribution >= 0.6 is 15.9 Å². The third-order valence-electron chi connectivity index (χ3n) is 3.76. The molecule has 2 rings (SSSR count). The van der Waals surface area contributed by atoms with E-state index < -0.39 is 0 Å². The molecule has 0 saturated carbocycles. The Kier molecular flexibility index (Phi) is 5.07. The summed E-state index contributed by atoms with van der Waals surface area (Å²) in [6.45, 7) is 4.66. The molecule has 1 aliphatic heterocycles. The van der Waals surface area contributed by atoms with Crippen molar-refractivity contribution in [3.63, 3.8) is 0 Å². The molecule has 2 nitrogen and oxygen atoms in total.